The fraction of sp³-hybridized carbons (Fsp3) is 0.316. The maximum Gasteiger partial charge on any atom is 0.322 e. The minimum absolute atomic E-state index is 0.0334. The molecule has 1 heterocycles. The van der Waals surface area contributed by atoms with E-state index < -0.39 is 0 Å². The number of amides is 2. The molecule has 4 nitrogen and oxygen atoms in total. The van der Waals surface area contributed by atoms with E-state index in [4.69, 9.17) is 4.74 Å². The van der Waals surface area contributed by atoms with Crippen LogP contribution in [0.3, 0.4) is 0 Å². The number of nitrogens with one attached hydrogen (secondary N) is 1. The van der Waals surface area contributed by atoms with Gasteiger partial charge in [-0.1, -0.05) is 24.3 Å². The largest absolute Gasteiger partial charge is 0.497 e. The van der Waals surface area contributed by atoms with Crippen LogP contribution in [0.4, 0.5) is 10.5 Å². The molecule has 0 spiro atoms. The lowest BCUT2D eigenvalue weighted by Crippen LogP contribution is -2.34. The molecule has 2 amide bonds. The highest BCUT2D eigenvalue weighted by Gasteiger charge is 2.30. The zero-order chi connectivity index (χ0) is 16.2. The second kappa shape index (κ2) is 6.73. The number of hydrogen-bond acceptors (Lipinski definition) is 2. The topological polar surface area (TPSA) is 41.6 Å². The van der Waals surface area contributed by atoms with Gasteiger partial charge in [0.2, 0.25) is 0 Å². The van der Waals surface area contributed by atoms with Crippen molar-refractivity contribution in [1.82, 2.24) is 4.90 Å². The number of ether oxygens (including phenoxy) is 1. The van der Waals surface area contributed by atoms with Crippen LogP contribution in [0, 0.1) is 6.92 Å². The minimum atomic E-state index is -0.0334. The van der Waals surface area contributed by atoms with Gasteiger partial charge in [-0.2, -0.15) is 0 Å². The smallest absolute Gasteiger partial charge is 0.322 e. The monoisotopic (exact) mass is 310 g/mol. The Balaban J connectivity index is 1.73. The molecule has 0 aliphatic carbocycles. The molecule has 1 aliphatic rings. The number of rotatable bonds is 3. The first kappa shape index (κ1) is 15.4. The van der Waals surface area contributed by atoms with Crippen molar-refractivity contribution < 1.29 is 9.53 Å². The van der Waals surface area contributed by atoms with Gasteiger partial charge in [-0.25, -0.2) is 4.79 Å². The molecule has 1 saturated heterocycles. The van der Waals surface area contributed by atoms with Gasteiger partial charge in [0, 0.05) is 12.2 Å². The van der Waals surface area contributed by atoms with Gasteiger partial charge in [0.25, 0.3) is 0 Å². The molecular weight excluding hydrogens is 288 g/mol. The first-order chi connectivity index (χ1) is 11.2. The van der Waals surface area contributed by atoms with Gasteiger partial charge >= 0.3 is 6.03 Å². The van der Waals surface area contributed by atoms with Gasteiger partial charge in [-0.3, -0.25) is 0 Å². The Morgan fingerprint density at radius 1 is 1.22 bits per heavy atom. The van der Waals surface area contributed by atoms with E-state index in [0.29, 0.717) is 0 Å². The van der Waals surface area contributed by atoms with E-state index >= 15 is 0 Å². The van der Waals surface area contributed by atoms with E-state index in [0.717, 1.165) is 42.0 Å². The molecule has 1 fully saturated rings. The molecule has 4 heteroatoms. The molecule has 1 aliphatic heterocycles. The first-order valence-electron chi connectivity index (χ1n) is 7.95. The Hall–Kier alpha value is -2.49. The summed E-state index contributed by atoms with van der Waals surface area (Å²) in [5.41, 5.74) is 3.13. The predicted molar refractivity (Wildman–Crippen MR) is 91.9 cm³/mol. The van der Waals surface area contributed by atoms with E-state index in [1.165, 1.54) is 0 Å². The number of anilines is 1. The molecule has 1 atom stereocenters. The summed E-state index contributed by atoms with van der Waals surface area (Å²) in [6.07, 6.45) is 2.02. The maximum absolute atomic E-state index is 12.6. The summed E-state index contributed by atoms with van der Waals surface area (Å²) in [5, 5.41) is 3.01. The van der Waals surface area contributed by atoms with Crippen LogP contribution in [0.2, 0.25) is 0 Å². The Morgan fingerprint density at radius 3 is 2.70 bits per heavy atom. The molecule has 3 rings (SSSR count). The zero-order valence-electron chi connectivity index (χ0n) is 13.6. The van der Waals surface area contributed by atoms with Gasteiger partial charge in [0.15, 0.2) is 0 Å². The zero-order valence-corrected chi connectivity index (χ0v) is 13.6. The highest BCUT2D eigenvalue weighted by atomic mass is 16.5. The highest BCUT2D eigenvalue weighted by molar-refractivity contribution is 5.89. The summed E-state index contributed by atoms with van der Waals surface area (Å²) in [5.74, 6) is 0.836. The molecular formula is C19H22N2O2. The molecule has 23 heavy (non-hydrogen) atoms. The van der Waals surface area contributed by atoms with E-state index in [1.54, 1.807) is 7.11 Å². The summed E-state index contributed by atoms with van der Waals surface area (Å²) in [7, 11) is 1.66. The predicted octanol–water partition coefficient (Wildman–Crippen LogP) is 4.37. The van der Waals surface area contributed by atoms with Gasteiger partial charge in [0.1, 0.15) is 5.75 Å². The maximum atomic E-state index is 12.6. The molecule has 0 aromatic heterocycles. The lowest BCUT2D eigenvalue weighted by Gasteiger charge is -2.25. The van der Waals surface area contributed by atoms with Crippen molar-refractivity contribution in [1.29, 1.82) is 0 Å². The van der Waals surface area contributed by atoms with Gasteiger partial charge in [0.05, 0.1) is 13.2 Å². The van der Waals surface area contributed by atoms with E-state index in [2.05, 4.69) is 5.32 Å². The van der Waals surface area contributed by atoms with E-state index in [9.17, 15) is 4.79 Å². The number of hydrogen-bond donors (Lipinski definition) is 1. The molecule has 2 aromatic carbocycles. The van der Waals surface area contributed by atoms with Crippen molar-refractivity contribution in [2.45, 2.75) is 25.8 Å². The molecule has 0 unspecified atom stereocenters. The van der Waals surface area contributed by atoms with Gasteiger partial charge in [-0.15, -0.1) is 0 Å². The van der Waals surface area contributed by atoms with Crippen LogP contribution in [0.15, 0.2) is 48.5 Å². The van der Waals surface area contributed by atoms with Crippen LogP contribution in [0.5, 0.6) is 5.75 Å². The van der Waals surface area contributed by atoms with Crippen molar-refractivity contribution >= 4 is 11.7 Å². The molecule has 1 N–H and O–H groups in total. The first-order valence-corrected chi connectivity index (χ1v) is 7.95. The number of carbonyl (C=O) groups excluding carboxylic acids is 1. The fourth-order valence-electron chi connectivity index (χ4n) is 3.10. The molecule has 120 valence electrons. The second-order valence-corrected chi connectivity index (χ2v) is 5.92. The number of methoxy groups -OCH3 is 1. The van der Waals surface area contributed by atoms with Crippen molar-refractivity contribution in [3.8, 4) is 5.75 Å². The van der Waals surface area contributed by atoms with Gasteiger partial charge in [-0.05, 0) is 55.2 Å². The van der Waals surface area contributed by atoms with Crippen molar-refractivity contribution in [3.63, 3.8) is 0 Å². The average Bonchev–Trinajstić information content (AvgIpc) is 3.05. The number of aryl methyl sites for hydroxylation is 1. The lowest BCUT2D eigenvalue weighted by atomic mass is 10.0. The Morgan fingerprint density at radius 2 is 2.00 bits per heavy atom. The number of urea groups is 1. The lowest BCUT2D eigenvalue weighted by molar-refractivity contribution is 0.207. The normalized spacial score (nSPS) is 17.1. The molecule has 0 radical (unpaired) electrons. The van der Waals surface area contributed by atoms with Crippen LogP contribution >= 0.6 is 0 Å². The summed E-state index contributed by atoms with van der Waals surface area (Å²) in [6.45, 7) is 2.81. The Bertz CT molecular complexity index is 682. The van der Waals surface area contributed by atoms with E-state index in [1.807, 2.05) is 60.4 Å². The van der Waals surface area contributed by atoms with Gasteiger partial charge < -0.3 is 15.0 Å². The van der Waals surface area contributed by atoms with Crippen LogP contribution < -0.4 is 10.1 Å². The summed E-state index contributed by atoms with van der Waals surface area (Å²) in [4.78, 5) is 14.5. The van der Waals surface area contributed by atoms with Crippen molar-refractivity contribution in [2.75, 3.05) is 19.0 Å². The number of carbonyl (C=O) groups is 1. The number of benzene rings is 2. The SMILES string of the molecule is COc1ccc([C@@H]2CCCN2C(=O)Nc2cccc(C)c2)cc1. The summed E-state index contributed by atoms with van der Waals surface area (Å²) in [6, 6.07) is 16.0. The number of likely N-dealkylation sites (tertiary alicyclic amines) is 1. The third-order valence-electron chi connectivity index (χ3n) is 4.28. The Labute approximate surface area is 137 Å². The highest BCUT2D eigenvalue weighted by Crippen LogP contribution is 2.33. The van der Waals surface area contributed by atoms with E-state index in [-0.39, 0.29) is 12.1 Å². The van der Waals surface area contributed by atoms with Crippen LogP contribution in [0.25, 0.3) is 0 Å². The molecule has 2 aromatic rings. The summed E-state index contributed by atoms with van der Waals surface area (Å²) >= 11 is 0. The van der Waals surface area contributed by atoms with Crippen LogP contribution in [-0.2, 0) is 0 Å². The van der Waals surface area contributed by atoms with Crippen molar-refractivity contribution in [2.24, 2.45) is 0 Å². The summed E-state index contributed by atoms with van der Waals surface area (Å²) < 4.78 is 5.20. The number of nitrogens with zero attached hydrogens (tertiary/aromatic N) is 1. The second-order valence-electron chi connectivity index (χ2n) is 5.92. The third kappa shape index (κ3) is 3.47. The van der Waals surface area contributed by atoms with Crippen LogP contribution in [0.1, 0.15) is 30.0 Å². The average molecular weight is 310 g/mol. The standard InChI is InChI=1S/C19H22N2O2/c1-14-5-3-6-16(13-14)20-19(22)21-12-4-7-18(21)15-8-10-17(23-2)11-9-15/h3,5-6,8-11,13,18H,4,7,12H2,1-2H3,(H,20,22)/t18-/m0/s1. The van der Waals surface area contributed by atoms with Crippen LogP contribution in [-0.4, -0.2) is 24.6 Å². The quantitative estimate of drug-likeness (QED) is 0.914. The molecule has 0 saturated carbocycles. The minimum Gasteiger partial charge on any atom is -0.497 e. The Kier molecular flexibility index (Phi) is 4.51. The van der Waals surface area contributed by atoms with Crippen molar-refractivity contribution in [3.05, 3.63) is 59.7 Å². The fourth-order valence-corrected chi connectivity index (χ4v) is 3.10. The third-order valence-corrected chi connectivity index (χ3v) is 4.28. The molecule has 0 bridgehead atoms.